The van der Waals surface area contributed by atoms with E-state index >= 15 is 0 Å². The molecule has 0 amide bonds. The third-order valence-electron chi connectivity index (χ3n) is 3.01. The number of aromatic nitrogens is 2. The molecule has 0 bridgehead atoms. The average molecular weight is 220 g/mol. The molecular weight excluding hydrogens is 200 g/mol. The number of nitrogens with zero attached hydrogens (tertiary/aromatic N) is 3. The van der Waals surface area contributed by atoms with Gasteiger partial charge in [-0.25, -0.2) is 0 Å². The smallest absolute Gasteiger partial charge is 0.148 e. The van der Waals surface area contributed by atoms with E-state index in [4.69, 9.17) is 0 Å². The van der Waals surface area contributed by atoms with Crippen molar-refractivity contribution in [1.29, 1.82) is 0 Å². The Hall–Kier alpha value is -1.16. The van der Waals surface area contributed by atoms with Crippen molar-refractivity contribution in [3.05, 3.63) is 18.3 Å². The van der Waals surface area contributed by atoms with Crippen molar-refractivity contribution in [2.45, 2.75) is 25.7 Å². The molecule has 2 heterocycles. The molecule has 1 aromatic heterocycles. The van der Waals surface area contributed by atoms with Crippen molar-refractivity contribution in [3.63, 3.8) is 0 Å². The lowest BCUT2D eigenvalue weighted by Crippen LogP contribution is -2.30. The average Bonchev–Trinajstić information content (AvgIpc) is 2.59. The van der Waals surface area contributed by atoms with E-state index in [1.807, 2.05) is 12.1 Å². The molecule has 88 valence electrons. The molecule has 0 radical (unpaired) electrons. The van der Waals surface area contributed by atoms with E-state index in [-0.39, 0.29) is 0 Å². The quantitative estimate of drug-likeness (QED) is 0.839. The van der Waals surface area contributed by atoms with Crippen LogP contribution >= 0.6 is 0 Å². The second-order valence-corrected chi connectivity index (χ2v) is 4.29. The molecule has 0 atom stereocenters. The Kier molecular flexibility index (Phi) is 4.55. The van der Waals surface area contributed by atoms with Crippen molar-refractivity contribution in [2.24, 2.45) is 0 Å². The predicted octanol–water partition coefficient (Wildman–Crippen LogP) is 1.76. The van der Waals surface area contributed by atoms with Crippen LogP contribution in [0.1, 0.15) is 25.7 Å². The van der Waals surface area contributed by atoms with Gasteiger partial charge in [0.2, 0.25) is 0 Å². The van der Waals surface area contributed by atoms with Crippen molar-refractivity contribution in [1.82, 2.24) is 15.1 Å². The zero-order valence-electron chi connectivity index (χ0n) is 9.73. The van der Waals surface area contributed by atoms with E-state index in [1.165, 1.54) is 38.8 Å². The minimum Gasteiger partial charge on any atom is -0.367 e. The van der Waals surface area contributed by atoms with Crippen LogP contribution in [0.3, 0.4) is 0 Å². The maximum Gasteiger partial charge on any atom is 0.148 e. The molecule has 4 heteroatoms. The van der Waals surface area contributed by atoms with Gasteiger partial charge in [0.25, 0.3) is 0 Å². The van der Waals surface area contributed by atoms with Crippen molar-refractivity contribution < 1.29 is 0 Å². The summed E-state index contributed by atoms with van der Waals surface area (Å²) in [5.41, 5.74) is 0. The number of anilines is 1. The van der Waals surface area contributed by atoms with Gasteiger partial charge >= 0.3 is 0 Å². The van der Waals surface area contributed by atoms with Gasteiger partial charge in [0, 0.05) is 19.3 Å². The van der Waals surface area contributed by atoms with Gasteiger partial charge in [-0.3, -0.25) is 0 Å². The highest BCUT2D eigenvalue weighted by Crippen LogP contribution is 2.09. The summed E-state index contributed by atoms with van der Waals surface area (Å²) < 4.78 is 0. The lowest BCUT2D eigenvalue weighted by Gasteiger charge is -2.19. The lowest BCUT2D eigenvalue weighted by atomic mass is 10.2. The molecule has 1 fully saturated rings. The van der Waals surface area contributed by atoms with Crippen LogP contribution in [0.5, 0.6) is 0 Å². The summed E-state index contributed by atoms with van der Waals surface area (Å²) in [7, 11) is 0. The second kappa shape index (κ2) is 6.43. The Bertz CT molecular complexity index is 280. The fourth-order valence-corrected chi connectivity index (χ4v) is 2.10. The zero-order valence-corrected chi connectivity index (χ0v) is 9.73. The monoisotopic (exact) mass is 220 g/mol. The van der Waals surface area contributed by atoms with Crippen molar-refractivity contribution >= 4 is 5.82 Å². The van der Waals surface area contributed by atoms with E-state index in [1.54, 1.807) is 6.20 Å². The number of likely N-dealkylation sites (tertiary alicyclic amines) is 1. The largest absolute Gasteiger partial charge is 0.367 e. The molecule has 0 aromatic carbocycles. The van der Waals surface area contributed by atoms with E-state index < -0.39 is 0 Å². The van der Waals surface area contributed by atoms with Crippen LogP contribution in [0, 0.1) is 0 Å². The van der Waals surface area contributed by atoms with Gasteiger partial charge in [-0.1, -0.05) is 12.8 Å². The van der Waals surface area contributed by atoms with Gasteiger partial charge in [0.1, 0.15) is 5.82 Å². The van der Waals surface area contributed by atoms with E-state index in [9.17, 15) is 0 Å². The maximum atomic E-state index is 4.00. The van der Waals surface area contributed by atoms with Gasteiger partial charge < -0.3 is 10.2 Å². The number of nitrogens with one attached hydrogen (secondary N) is 1. The first-order valence-corrected chi connectivity index (χ1v) is 6.19. The van der Waals surface area contributed by atoms with Gasteiger partial charge in [0.05, 0.1) is 0 Å². The normalized spacial score (nSPS) is 18.0. The molecule has 1 aliphatic heterocycles. The standard InChI is InChI=1S/C12H20N4/c1-2-4-10-16(9-3-1)11-8-13-12-6-5-7-14-15-12/h5-7H,1-4,8-11H2,(H,13,15). The molecule has 1 saturated heterocycles. The van der Waals surface area contributed by atoms with Crippen LogP contribution in [0.2, 0.25) is 0 Å². The zero-order chi connectivity index (χ0) is 11.1. The third kappa shape index (κ3) is 3.77. The Morgan fingerprint density at radius 3 is 2.69 bits per heavy atom. The highest BCUT2D eigenvalue weighted by molar-refractivity contribution is 5.31. The molecule has 0 saturated carbocycles. The molecule has 2 rings (SSSR count). The van der Waals surface area contributed by atoms with Crippen molar-refractivity contribution in [3.8, 4) is 0 Å². The van der Waals surface area contributed by atoms with Crippen LogP contribution in [0.25, 0.3) is 0 Å². The van der Waals surface area contributed by atoms with E-state index in [0.29, 0.717) is 0 Å². The summed E-state index contributed by atoms with van der Waals surface area (Å²) in [4.78, 5) is 2.54. The summed E-state index contributed by atoms with van der Waals surface area (Å²) in [6, 6.07) is 3.86. The Labute approximate surface area is 97.1 Å². The molecule has 4 nitrogen and oxygen atoms in total. The Morgan fingerprint density at radius 1 is 1.19 bits per heavy atom. The number of hydrogen-bond acceptors (Lipinski definition) is 4. The van der Waals surface area contributed by atoms with Crippen LogP contribution in [-0.4, -0.2) is 41.3 Å². The second-order valence-electron chi connectivity index (χ2n) is 4.29. The fraction of sp³-hybridized carbons (Fsp3) is 0.667. The van der Waals surface area contributed by atoms with Crippen molar-refractivity contribution in [2.75, 3.05) is 31.5 Å². The van der Waals surface area contributed by atoms with E-state index in [2.05, 4.69) is 20.4 Å². The van der Waals surface area contributed by atoms with Gasteiger partial charge in [-0.05, 0) is 38.1 Å². The summed E-state index contributed by atoms with van der Waals surface area (Å²) in [5, 5.41) is 11.1. The summed E-state index contributed by atoms with van der Waals surface area (Å²) in [6.45, 7) is 4.57. The van der Waals surface area contributed by atoms with Gasteiger partial charge in [-0.2, -0.15) is 5.10 Å². The molecule has 0 unspecified atom stereocenters. The summed E-state index contributed by atoms with van der Waals surface area (Å²) in [5.74, 6) is 0.873. The summed E-state index contributed by atoms with van der Waals surface area (Å²) in [6.07, 6.45) is 7.19. The molecule has 1 aliphatic rings. The van der Waals surface area contributed by atoms with E-state index in [0.717, 1.165) is 18.9 Å². The Morgan fingerprint density at radius 2 is 2.00 bits per heavy atom. The number of hydrogen-bond donors (Lipinski definition) is 1. The minimum atomic E-state index is 0.873. The molecule has 1 aromatic rings. The third-order valence-corrected chi connectivity index (χ3v) is 3.01. The van der Waals surface area contributed by atoms with Crippen LogP contribution < -0.4 is 5.32 Å². The molecule has 16 heavy (non-hydrogen) atoms. The maximum absolute atomic E-state index is 4.00. The number of rotatable bonds is 4. The van der Waals surface area contributed by atoms with Gasteiger partial charge in [0.15, 0.2) is 0 Å². The summed E-state index contributed by atoms with van der Waals surface area (Å²) >= 11 is 0. The topological polar surface area (TPSA) is 41.1 Å². The van der Waals surface area contributed by atoms with Crippen LogP contribution in [-0.2, 0) is 0 Å². The first-order chi connectivity index (χ1) is 7.95. The fourth-order valence-electron chi connectivity index (χ4n) is 2.10. The molecule has 1 N–H and O–H groups in total. The SMILES string of the molecule is c1cnnc(NCCN2CCCCCC2)c1. The molecule has 0 spiro atoms. The molecular formula is C12H20N4. The molecule has 0 aliphatic carbocycles. The van der Waals surface area contributed by atoms with Crippen LogP contribution in [0.15, 0.2) is 18.3 Å². The van der Waals surface area contributed by atoms with Crippen LogP contribution in [0.4, 0.5) is 5.82 Å². The highest BCUT2D eigenvalue weighted by atomic mass is 15.2. The predicted molar refractivity (Wildman–Crippen MR) is 65.4 cm³/mol. The lowest BCUT2D eigenvalue weighted by molar-refractivity contribution is 0.296. The highest BCUT2D eigenvalue weighted by Gasteiger charge is 2.07. The Balaban J connectivity index is 1.67. The first kappa shape index (κ1) is 11.3. The first-order valence-electron chi connectivity index (χ1n) is 6.19. The van der Waals surface area contributed by atoms with Gasteiger partial charge in [-0.15, -0.1) is 5.10 Å². The minimum absolute atomic E-state index is 0.873.